The fourth-order valence-corrected chi connectivity index (χ4v) is 3.50. The Morgan fingerprint density at radius 2 is 1.90 bits per heavy atom. The van der Waals surface area contributed by atoms with Crippen LogP contribution in [-0.4, -0.2) is 17.0 Å². The summed E-state index contributed by atoms with van der Waals surface area (Å²) in [5, 5.41) is 11.9. The molecule has 0 unspecified atom stereocenters. The lowest BCUT2D eigenvalue weighted by atomic mass is 9.82. The molecule has 0 aliphatic heterocycles. The molecule has 1 aromatic carbocycles. The molecule has 0 heterocycles. The highest BCUT2D eigenvalue weighted by Gasteiger charge is 2.51. The van der Waals surface area contributed by atoms with Gasteiger partial charge < -0.3 is 10.4 Å². The molecule has 4 nitrogen and oxygen atoms in total. The van der Waals surface area contributed by atoms with Crippen molar-refractivity contribution in [1.29, 1.82) is 0 Å². The normalized spacial score (nSPS) is 29.6. The summed E-state index contributed by atoms with van der Waals surface area (Å²) >= 11 is 5.67. The SMILES string of the molecule is O=C(O)[C@@H]1[C@@H](C(=O)Nc2ccc(F)c(Cl)c2)[C@H]2C=C[C@H]1C2. The number of aliphatic carboxylic acids is 1. The molecule has 1 fully saturated rings. The molecular formula is C15H13ClFNO3. The molecular weight excluding hydrogens is 297 g/mol. The third kappa shape index (κ3) is 2.42. The van der Waals surface area contributed by atoms with E-state index in [-0.39, 0.29) is 22.8 Å². The molecule has 2 aliphatic carbocycles. The number of benzene rings is 1. The van der Waals surface area contributed by atoms with E-state index in [0.717, 1.165) is 6.07 Å². The van der Waals surface area contributed by atoms with E-state index in [2.05, 4.69) is 5.32 Å². The average Bonchev–Trinajstić information content (AvgIpc) is 3.03. The second kappa shape index (κ2) is 5.15. The van der Waals surface area contributed by atoms with Gasteiger partial charge in [0, 0.05) is 5.69 Å². The van der Waals surface area contributed by atoms with Crippen LogP contribution in [0, 0.1) is 29.5 Å². The van der Waals surface area contributed by atoms with Gasteiger partial charge in [-0.15, -0.1) is 0 Å². The number of carbonyl (C=O) groups is 2. The van der Waals surface area contributed by atoms with E-state index in [4.69, 9.17) is 11.6 Å². The quantitative estimate of drug-likeness (QED) is 0.844. The lowest BCUT2D eigenvalue weighted by Crippen LogP contribution is -2.36. The molecule has 0 spiro atoms. The van der Waals surface area contributed by atoms with Crippen molar-refractivity contribution < 1.29 is 19.1 Å². The van der Waals surface area contributed by atoms with E-state index >= 15 is 0 Å². The molecule has 4 atom stereocenters. The van der Waals surface area contributed by atoms with E-state index in [9.17, 15) is 19.1 Å². The Bertz CT molecular complexity index is 646. The zero-order valence-corrected chi connectivity index (χ0v) is 11.7. The molecule has 0 radical (unpaired) electrons. The molecule has 110 valence electrons. The van der Waals surface area contributed by atoms with Crippen molar-refractivity contribution in [2.24, 2.45) is 23.7 Å². The highest BCUT2D eigenvalue weighted by molar-refractivity contribution is 6.31. The first-order valence-electron chi connectivity index (χ1n) is 6.64. The molecule has 2 N–H and O–H groups in total. The maximum Gasteiger partial charge on any atom is 0.307 e. The van der Waals surface area contributed by atoms with E-state index in [1.807, 2.05) is 12.2 Å². The van der Waals surface area contributed by atoms with Crippen molar-refractivity contribution in [3.8, 4) is 0 Å². The van der Waals surface area contributed by atoms with E-state index in [1.54, 1.807) is 0 Å². The monoisotopic (exact) mass is 309 g/mol. The zero-order chi connectivity index (χ0) is 15.1. The number of hydrogen-bond acceptors (Lipinski definition) is 2. The van der Waals surface area contributed by atoms with Crippen LogP contribution in [0.15, 0.2) is 30.4 Å². The van der Waals surface area contributed by atoms with Crippen LogP contribution in [0.3, 0.4) is 0 Å². The molecule has 2 bridgehead atoms. The van der Waals surface area contributed by atoms with E-state index < -0.39 is 23.6 Å². The first-order valence-corrected chi connectivity index (χ1v) is 7.02. The lowest BCUT2D eigenvalue weighted by Gasteiger charge is -2.23. The van der Waals surface area contributed by atoms with Crippen LogP contribution >= 0.6 is 11.6 Å². The summed E-state index contributed by atoms with van der Waals surface area (Å²) < 4.78 is 13.1. The first kappa shape index (κ1) is 14.1. The molecule has 1 aromatic rings. The predicted molar refractivity (Wildman–Crippen MR) is 75.4 cm³/mol. The summed E-state index contributed by atoms with van der Waals surface area (Å²) in [6.07, 6.45) is 4.48. The van der Waals surface area contributed by atoms with E-state index in [0.29, 0.717) is 12.1 Å². The minimum absolute atomic E-state index is 0.0491. The van der Waals surface area contributed by atoms with Gasteiger partial charge >= 0.3 is 5.97 Å². The van der Waals surface area contributed by atoms with Gasteiger partial charge in [0.05, 0.1) is 16.9 Å². The lowest BCUT2D eigenvalue weighted by molar-refractivity contribution is -0.146. The van der Waals surface area contributed by atoms with Crippen LogP contribution in [0.1, 0.15) is 6.42 Å². The number of anilines is 1. The number of amides is 1. The van der Waals surface area contributed by atoms with Crippen LogP contribution in [0.2, 0.25) is 5.02 Å². The number of carbonyl (C=O) groups excluding carboxylic acids is 1. The van der Waals surface area contributed by atoms with Gasteiger partial charge in [0.2, 0.25) is 5.91 Å². The molecule has 0 saturated heterocycles. The summed E-state index contributed by atoms with van der Waals surface area (Å²) in [4.78, 5) is 23.7. The Balaban J connectivity index is 1.80. The smallest absolute Gasteiger partial charge is 0.307 e. The highest BCUT2D eigenvalue weighted by atomic mass is 35.5. The van der Waals surface area contributed by atoms with Crippen molar-refractivity contribution in [2.45, 2.75) is 6.42 Å². The third-order valence-corrected chi connectivity index (χ3v) is 4.52. The number of carboxylic acids is 1. The number of hydrogen-bond donors (Lipinski definition) is 2. The Morgan fingerprint density at radius 3 is 2.52 bits per heavy atom. The van der Waals surface area contributed by atoms with Gasteiger partial charge in [0.1, 0.15) is 5.82 Å². The number of rotatable bonds is 3. The molecule has 2 aliphatic rings. The van der Waals surface area contributed by atoms with Crippen molar-refractivity contribution in [3.05, 3.63) is 41.2 Å². The maximum absolute atomic E-state index is 13.1. The predicted octanol–water partition coefficient (Wildman–Crippen LogP) is 2.94. The summed E-state index contributed by atoms with van der Waals surface area (Å²) in [5.41, 5.74) is 0.363. The van der Waals surface area contributed by atoms with E-state index in [1.165, 1.54) is 12.1 Å². The second-order valence-corrected chi connectivity index (χ2v) is 5.86. The number of fused-ring (bicyclic) bond motifs is 2. The molecule has 6 heteroatoms. The van der Waals surface area contributed by atoms with Gasteiger partial charge in [-0.05, 0) is 36.5 Å². The fourth-order valence-electron chi connectivity index (χ4n) is 3.32. The maximum atomic E-state index is 13.1. The standard InChI is InChI=1S/C15H13ClFNO3/c16-10-6-9(3-4-11(10)17)18-14(19)12-7-1-2-8(5-7)13(12)15(20)21/h1-4,6-8,12-13H,5H2,(H,18,19)(H,20,21)/t7-,8-,12-,13-/m0/s1. The van der Waals surface area contributed by atoms with Gasteiger partial charge in [-0.3, -0.25) is 9.59 Å². The molecule has 0 aromatic heterocycles. The van der Waals surface area contributed by atoms with Gasteiger partial charge in [0.25, 0.3) is 0 Å². The summed E-state index contributed by atoms with van der Waals surface area (Å²) in [7, 11) is 0. The van der Waals surface area contributed by atoms with Crippen molar-refractivity contribution in [2.75, 3.05) is 5.32 Å². The molecule has 21 heavy (non-hydrogen) atoms. The first-order chi connectivity index (χ1) is 9.97. The molecule has 1 amide bonds. The summed E-state index contributed by atoms with van der Waals surface area (Å²) in [5.74, 6) is -3.31. The topological polar surface area (TPSA) is 66.4 Å². The third-order valence-electron chi connectivity index (χ3n) is 4.23. The van der Waals surface area contributed by atoms with Gasteiger partial charge in [-0.1, -0.05) is 23.8 Å². The number of nitrogens with one attached hydrogen (secondary N) is 1. The van der Waals surface area contributed by atoms with Gasteiger partial charge in [-0.2, -0.15) is 0 Å². The molecule has 3 rings (SSSR count). The Hall–Kier alpha value is -1.88. The van der Waals surface area contributed by atoms with Gasteiger partial charge in [-0.25, -0.2) is 4.39 Å². The van der Waals surface area contributed by atoms with Crippen LogP contribution < -0.4 is 5.32 Å². The van der Waals surface area contributed by atoms with Crippen molar-refractivity contribution in [1.82, 2.24) is 0 Å². The number of halogens is 2. The largest absolute Gasteiger partial charge is 0.481 e. The summed E-state index contributed by atoms with van der Waals surface area (Å²) in [6, 6.07) is 3.87. The zero-order valence-electron chi connectivity index (χ0n) is 10.9. The Kier molecular flexibility index (Phi) is 3.45. The number of allylic oxidation sites excluding steroid dienone is 2. The van der Waals surface area contributed by atoms with Crippen molar-refractivity contribution >= 4 is 29.2 Å². The van der Waals surface area contributed by atoms with Crippen LogP contribution in [0.25, 0.3) is 0 Å². The minimum Gasteiger partial charge on any atom is -0.481 e. The van der Waals surface area contributed by atoms with Gasteiger partial charge in [0.15, 0.2) is 0 Å². The van der Waals surface area contributed by atoms with Crippen molar-refractivity contribution in [3.63, 3.8) is 0 Å². The number of carboxylic acid groups (broad SMARTS) is 1. The fraction of sp³-hybridized carbons (Fsp3) is 0.333. The second-order valence-electron chi connectivity index (χ2n) is 5.46. The van der Waals surface area contributed by atoms with Crippen LogP contribution in [-0.2, 0) is 9.59 Å². The molecule has 1 saturated carbocycles. The Labute approximate surface area is 125 Å². The highest BCUT2D eigenvalue weighted by Crippen LogP contribution is 2.48. The minimum atomic E-state index is -0.955. The Morgan fingerprint density at radius 1 is 1.24 bits per heavy atom. The summed E-state index contributed by atoms with van der Waals surface area (Å²) in [6.45, 7) is 0. The van der Waals surface area contributed by atoms with Crippen LogP contribution in [0.5, 0.6) is 0 Å². The van der Waals surface area contributed by atoms with Crippen LogP contribution in [0.4, 0.5) is 10.1 Å². The average molecular weight is 310 g/mol.